The third-order valence-corrected chi connectivity index (χ3v) is 5.88. The van der Waals surface area contributed by atoms with Crippen LogP contribution in [0.5, 0.6) is 5.75 Å². The van der Waals surface area contributed by atoms with Crippen LogP contribution < -0.4 is 15.5 Å². The first-order valence-corrected chi connectivity index (χ1v) is 11.1. The van der Waals surface area contributed by atoms with E-state index in [0.29, 0.717) is 5.56 Å². The number of sulfonamides is 1. The van der Waals surface area contributed by atoms with E-state index in [2.05, 4.69) is 5.32 Å². The average molecular weight is 466 g/mol. The largest absolute Gasteiger partial charge is 0.495 e. The number of ether oxygens (including phenoxy) is 2. The van der Waals surface area contributed by atoms with E-state index in [1.807, 2.05) is 0 Å². The van der Waals surface area contributed by atoms with E-state index in [4.69, 9.17) is 14.7 Å². The first-order chi connectivity index (χ1) is 15.0. The predicted molar refractivity (Wildman–Crippen MR) is 117 cm³/mol. The SMILES string of the molecule is COc1ccc(S(=O)(=O)N(CC(=O)NO)Cc2ccccc2)cc1NC(=O)OC(C)(C)C. The molecule has 10 nitrogen and oxygen atoms in total. The Morgan fingerprint density at radius 2 is 1.75 bits per heavy atom. The molecule has 0 fully saturated rings. The minimum Gasteiger partial charge on any atom is -0.495 e. The number of carbonyl (C=O) groups excluding carboxylic acids is 2. The number of carbonyl (C=O) groups is 2. The molecule has 0 spiro atoms. The Kier molecular flexibility index (Phi) is 8.19. The summed E-state index contributed by atoms with van der Waals surface area (Å²) < 4.78 is 38.0. The van der Waals surface area contributed by atoms with Crippen LogP contribution in [0.1, 0.15) is 26.3 Å². The summed E-state index contributed by atoms with van der Waals surface area (Å²) in [4.78, 5) is 23.8. The Morgan fingerprint density at radius 1 is 1.09 bits per heavy atom. The molecule has 0 unspecified atom stereocenters. The highest BCUT2D eigenvalue weighted by Gasteiger charge is 2.28. The molecule has 0 atom stereocenters. The number of nitrogens with zero attached hydrogens (tertiary/aromatic N) is 1. The number of hydrogen-bond donors (Lipinski definition) is 3. The summed E-state index contributed by atoms with van der Waals surface area (Å²) in [5.41, 5.74) is 1.40. The van der Waals surface area contributed by atoms with E-state index < -0.39 is 34.2 Å². The van der Waals surface area contributed by atoms with Crippen molar-refractivity contribution in [2.24, 2.45) is 0 Å². The van der Waals surface area contributed by atoms with Crippen molar-refractivity contribution in [1.82, 2.24) is 9.79 Å². The fourth-order valence-electron chi connectivity index (χ4n) is 2.72. The van der Waals surface area contributed by atoms with Crippen molar-refractivity contribution in [3.8, 4) is 5.75 Å². The van der Waals surface area contributed by atoms with Crippen LogP contribution in [-0.4, -0.2) is 49.2 Å². The van der Waals surface area contributed by atoms with Gasteiger partial charge in [0.2, 0.25) is 10.0 Å². The number of benzene rings is 2. The predicted octanol–water partition coefficient (Wildman–Crippen LogP) is 2.74. The van der Waals surface area contributed by atoms with Gasteiger partial charge in [0, 0.05) is 6.54 Å². The number of anilines is 1. The number of amides is 2. The van der Waals surface area contributed by atoms with Crippen molar-refractivity contribution in [2.45, 2.75) is 37.8 Å². The number of hydroxylamine groups is 1. The summed E-state index contributed by atoms with van der Waals surface area (Å²) in [6.45, 7) is 4.35. The maximum atomic E-state index is 13.3. The zero-order valence-electron chi connectivity index (χ0n) is 18.3. The lowest BCUT2D eigenvalue weighted by molar-refractivity contribution is -0.129. The van der Waals surface area contributed by atoms with Crippen LogP contribution in [-0.2, 0) is 26.1 Å². The Labute approximate surface area is 187 Å². The van der Waals surface area contributed by atoms with Crippen LogP contribution in [0.15, 0.2) is 53.4 Å². The van der Waals surface area contributed by atoms with Gasteiger partial charge in [0.1, 0.15) is 11.4 Å². The molecular formula is C21H27N3O7S. The van der Waals surface area contributed by atoms with Crippen molar-refractivity contribution in [1.29, 1.82) is 0 Å². The maximum Gasteiger partial charge on any atom is 0.412 e. The molecule has 2 aromatic rings. The van der Waals surface area contributed by atoms with Crippen molar-refractivity contribution in [2.75, 3.05) is 19.0 Å². The second-order valence-electron chi connectivity index (χ2n) is 7.78. The molecule has 11 heteroatoms. The van der Waals surface area contributed by atoms with Gasteiger partial charge in [-0.25, -0.2) is 18.7 Å². The standard InChI is InChI=1S/C21H27N3O7S/c1-21(2,3)31-20(26)22-17-12-16(10-11-18(17)30-4)32(28,29)24(14-19(25)23-27)13-15-8-6-5-7-9-15/h5-12,27H,13-14H2,1-4H3,(H,22,26)(H,23,25). The summed E-state index contributed by atoms with van der Waals surface area (Å²) in [6, 6.07) is 12.6. The summed E-state index contributed by atoms with van der Waals surface area (Å²) >= 11 is 0. The average Bonchev–Trinajstić information content (AvgIpc) is 2.72. The van der Waals surface area contributed by atoms with E-state index >= 15 is 0 Å². The monoisotopic (exact) mass is 465 g/mol. The van der Waals surface area contributed by atoms with Gasteiger partial charge in [-0.2, -0.15) is 4.31 Å². The lowest BCUT2D eigenvalue weighted by atomic mass is 10.2. The Balaban J connectivity index is 2.42. The molecule has 174 valence electrons. The van der Waals surface area contributed by atoms with Crippen LogP contribution in [0, 0.1) is 0 Å². The van der Waals surface area contributed by atoms with Gasteiger partial charge >= 0.3 is 6.09 Å². The maximum absolute atomic E-state index is 13.3. The molecule has 0 aliphatic heterocycles. The van der Waals surface area contributed by atoms with Crippen LogP contribution in [0.25, 0.3) is 0 Å². The second-order valence-corrected chi connectivity index (χ2v) is 9.72. The van der Waals surface area contributed by atoms with Gasteiger partial charge in [0.15, 0.2) is 0 Å². The molecule has 32 heavy (non-hydrogen) atoms. The first-order valence-electron chi connectivity index (χ1n) is 9.61. The molecule has 0 aromatic heterocycles. The molecule has 0 saturated heterocycles. The lowest BCUT2D eigenvalue weighted by Crippen LogP contribution is -2.39. The zero-order valence-corrected chi connectivity index (χ0v) is 19.1. The summed E-state index contributed by atoms with van der Waals surface area (Å²) in [5.74, 6) is -0.678. The smallest absolute Gasteiger partial charge is 0.412 e. The molecule has 0 aliphatic rings. The number of rotatable bonds is 8. The normalized spacial score (nSPS) is 11.7. The molecule has 2 aromatic carbocycles. The van der Waals surface area contributed by atoms with E-state index in [1.54, 1.807) is 51.1 Å². The van der Waals surface area contributed by atoms with E-state index in [1.165, 1.54) is 30.8 Å². The van der Waals surface area contributed by atoms with Crippen molar-refractivity contribution in [3.05, 3.63) is 54.1 Å². The molecule has 3 N–H and O–H groups in total. The van der Waals surface area contributed by atoms with Gasteiger partial charge in [0.25, 0.3) is 5.91 Å². The third-order valence-electron chi connectivity index (χ3n) is 4.09. The Bertz CT molecular complexity index is 1050. The summed E-state index contributed by atoms with van der Waals surface area (Å²) in [6.07, 6.45) is -0.786. The molecule has 2 rings (SSSR count). The van der Waals surface area contributed by atoms with Crippen LogP contribution in [0.3, 0.4) is 0 Å². The molecular weight excluding hydrogens is 438 g/mol. The summed E-state index contributed by atoms with van der Waals surface area (Å²) in [7, 11) is -2.84. The number of nitrogens with one attached hydrogen (secondary N) is 2. The lowest BCUT2D eigenvalue weighted by Gasteiger charge is -2.23. The minimum absolute atomic E-state index is 0.0779. The highest BCUT2D eigenvalue weighted by atomic mass is 32.2. The van der Waals surface area contributed by atoms with Crippen molar-refractivity contribution < 1.29 is 32.7 Å². The minimum atomic E-state index is -4.21. The molecule has 0 aliphatic carbocycles. The summed E-state index contributed by atoms with van der Waals surface area (Å²) in [5, 5.41) is 11.4. The highest BCUT2D eigenvalue weighted by Crippen LogP contribution is 2.30. The molecule has 0 radical (unpaired) electrons. The van der Waals surface area contributed by atoms with Crippen LogP contribution >= 0.6 is 0 Å². The van der Waals surface area contributed by atoms with Gasteiger partial charge in [-0.3, -0.25) is 15.3 Å². The topological polar surface area (TPSA) is 134 Å². The number of methoxy groups -OCH3 is 1. The molecule has 2 amide bonds. The molecule has 0 bridgehead atoms. The van der Waals surface area contributed by atoms with Gasteiger partial charge in [-0.05, 0) is 44.5 Å². The van der Waals surface area contributed by atoms with E-state index in [-0.39, 0.29) is 22.9 Å². The quantitative estimate of drug-likeness (QED) is 0.403. The Hall–Kier alpha value is -3.15. The fourth-order valence-corrected chi connectivity index (χ4v) is 4.13. The van der Waals surface area contributed by atoms with Crippen molar-refractivity contribution in [3.63, 3.8) is 0 Å². The van der Waals surface area contributed by atoms with Crippen LogP contribution in [0.2, 0.25) is 0 Å². The van der Waals surface area contributed by atoms with Gasteiger partial charge in [-0.15, -0.1) is 0 Å². The molecule has 0 heterocycles. The van der Waals surface area contributed by atoms with Gasteiger partial charge in [0.05, 0.1) is 24.2 Å². The molecule has 0 saturated carbocycles. The zero-order chi connectivity index (χ0) is 23.9. The van der Waals surface area contributed by atoms with Gasteiger partial charge in [-0.1, -0.05) is 30.3 Å². The van der Waals surface area contributed by atoms with Gasteiger partial charge < -0.3 is 9.47 Å². The third kappa shape index (κ3) is 6.94. The van der Waals surface area contributed by atoms with E-state index in [0.717, 1.165) is 4.31 Å². The number of hydrogen-bond acceptors (Lipinski definition) is 7. The van der Waals surface area contributed by atoms with Crippen LogP contribution in [0.4, 0.5) is 10.5 Å². The second kappa shape index (κ2) is 10.4. The fraction of sp³-hybridized carbons (Fsp3) is 0.333. The van der Waals surface area contributed by atoms with Crippen molar-refractivity contribution >= 4 is 27.7 Å². The highest BCUT2D eigenvalue weighted by molar-refractivity contribution is 7.89. The van der Waals surface area contributed by atoms with E-state index in [9.17, 15) is 18.0 Å². The Morgan fingerprint density at radius 3 is 2.31 bits per heavy atom. The first kappa shape index (κ1) is 25.1.